The normalized spacial score (nSPS) is 21.2. The van der Waals surface area contributed by atoms with E-state index in [9.17, 15) is 9.18 Å². The minimum absolute atomic E-state index is 0.105. The summed E-state index contributed by atoms with van der Waals surface area (Å²) in [6.07, 6.45) is 7.81. The maximum atomic E-state index is 14.1. The SMILES string of the molecule is CC(Oc1cc(C2(CCN3CCOCC3)C=CC=C(C(N)=O)C2)cnc1N)c1c(Cl)ccc(F)c1Cl. The molecule has 192 valence electrons. The fourth-order valence-corrected chi connectivity index (χ4v) is 5.34. The Bertz CT molecular complexity index is 1200. The molecule has 1 aliphatic heterocycles. The average molecular weight is 535 g/mol. The molecule has 2 heterocycles. The summed E-state index contributed by atoms with van der Waals surface area (Å²) in [5.41, 5.74) is 12.9. The molecule has 0 radical (unpaired) electrons. The summed E-state index contributed by atoms with van der Waals surface area (Å²) in [7, 11) is 0. The van der Waals surface area contributed by atoms with Gasteiger partial charge in [-0.1, -0.05) is 41.4 Å². The van der Waals surface area contributed by atoms with E-state index in [0.717, 1.165) is 31.6 Å². The molecule has 2 atom stereocenters. The van der Waals surface area contributed by atoms with Gasteiger partial charge in [-0.25, -0.2) is 9.37 Å². The highest BCUT2D eigenvalue weighted by Crippen LogP contribution is 2.42. The van der Waals surface area contributed by atoms with Gasteiger partial charge in [-0.3, -0.25) is 9.69 Å². The molecule has 1 aromatic heterocycles. The number of nitrogens with zero attached hydrogens (tertiary/aromatic N) is 2. The van der Waals surface area contributed by atoms with Crippen LogP contribution < -0.4 is 16.2 Å². The number of allylic oxidation sites excluding steroid dienone is 3. The highest BCUT2D eigenvalue weighted by molar-refractivity contribution is 6.36. The van der Waals surface area contributed by atoms with Crippen molar-refractivity contribution in [2.75, 3.05) is 38.6 Å². The summed E-state index contributed by atoms with van der Waals surface area (Å²) in [4.78, 5) is 18.8. The van der Waals surface area contributed by atoms with Crippen LogP contribution in [0.2, 0.25) is 10.0 Å². The first-order valence-electron chi connectivity index (χ1n) is 11.7. The molecule has 1 saturated heterocycles. The summed E-state index contributed by atoms with van der Waals surface area (Å²) in [5.74, 6) is -0.570. The van der Waals surface area contributed by atoms with E-state index >= 15 is 0 Å². The Balaban J connectivity index is 1.65. The highest BCUT2D eigenvalue weighted by Gasteiger charge is 2.35. The number of hydrogen-bond acceptors (Lipinski definition) is 6. The number of halogens is 3. The number of benzene rings is 1. The van der Waals surface area contributed by atoms with Crippen LogP contribution in [0.1, 0.15) is 37.0 Å². The van der Waals surface area contributed by atoms with Gasteiger partial charge in [-0.15, -0.1) is 0 Å². The topological polar surface area (TPSA) is 104 Å². The third-order valence-corrected chi connectivity index (χ3v) is 7.47. The largest absolute Gasteiger partial charge is 0.482 e. The summed E-state index contributed by atoms with van der Waals surface area (Å²) in [6, 6.07) is 4.45. The third-order valence-electron chi connectivity index (χ3n) is 6.76. The third kappa shape index (κ3) is 5.67. The molecule has 1 aromatic carbocycles. The Morgan fingerprint density at radius 1 is 1.33 bits per heavy atom. The number of nitrogen functional groups attached to an aromatic ring is 1. The van der Waals surface area contributed by atoms with Crippen molar-refractivity contribution in [1.82, 2.24) is 9.88 Å². The number of nitrogens with two attached hydrogens (primary N) is 2. The van der Waals surface area contributed by atoms with Crippen LogP contribution in [0.3, 0.4) is 0 Å². The monoisotopic (exact) mass is 534 g/mol. The molecule has 0 saturated carbocycles. The van der Waals surface area contributed by atoms with E-state index in [1.807, 2.05) is 12.1 Å². The van der Waals surface area contributed by atoms with Crippen LogP contribution in [-0.4, -0.2) is 48.6 Å². The van der Waals surface area contributed by atoms with Crippen LogP contribution in [0.4, 0.5) is 10.2 Å². The second-order valence-electron chi connectivity index (χ2n) is 9.08. The van der Waals surface area contributed by atoms with E-state index < -0.39 is 23.2 Å². The quantitative estimate of drug-likeness (QED) is 0.480. The lowest BCUT2D eigenvalue weighted by atomic mass is 9.71. The zero-order chi connectivity index (χ0) is 25.9. The van der Waals surface area contributed by atoms with E-state index in [1.165, 1.54) is 12.1 Å². The first-order chi connectivity index (χ1) is 17.2. The van der Waals surface area contributed by atoms with Crippen molar-refractivity contribution in [3.05, 3.63) is 75.2 Å². The summed E-state index contributed by atoms with van der Waals surface area (Å²) >= 11 is 12.5. The molecule has 1 amide bonds. The molecule has 1 fully saturated rings. The molecule has 1 aliphatic carbocycles. The number of anilines is 1. The molecule has 4 N–H and O–H groups in total. The lowest BCUT2D eigenvalue weighted by Crippen LogP contribution is -2.40. The Hall–Kier alpha value is -2.65. The molecule has 10 heteroatoms. The van der Waals surface area contributed by atoms with Gasteiger partial charge in [-0.05, 0) is 50.1 Å². The van der Waals surface area contributed by atoms with E-state index in [1.54, 1.807) is 19.2 Å². The molecule has 4 rings (SSSR count). The van der Waals surface area contributed by atoms with Crippen LogP contribution in [0.15, 0.2) is 48.2 Å². The lowest BCUT2D eigenvalue weighted by Gasteiger charge is -2.37. The molecule has 7 nitrogen and oxygen atoms in total. The Kier molecular flexibility index (Phi) is 8.20. The molecule has 2 unspecified atom stereocenters. The maximum Gasteiger partial charge on any atom is 0.244 e. The number of aromatic nitrogens is 1. The second-order valence-corrected chi connectivity index (χ2v) is 9.86. The van der Waals surface area contributed by atoms with Crippen LogP contribution >= 0.6 is 23.2 Å². The number of carbonyl (C=O) groups excluding carboxylic acids is 1. The molecule has 0 spiro atoms. The van der Waals surface area contributed by atoms with Gasteiger partial charge in [-0.2, -0.15) is 0 Å². The van der Waals surface area contributed by atoms with Crippen LogP contribution in [0.5, 0.6) is 5.75 Å². The van der Waals surface area contributed by atoms with Gasteiger partial charge in [0.1, 0.15) is 11.9 Å². The van der Waals surface area contributed by atoms with Gasteiger partial charge in [0.25, 0.3) is 0 Å². The fraction of sp³-hybridized carbons (Fsp3) is 0.385. The Morgan fingerprint density at radius 3 is 2.81 bits per heavy atom. The Labute approximate surface area is 219 Å². The van der Waals surface area contributed by atoms with Crippen molar-refractivity contribution >= 4 is 34.9 Å². The van der Waals surface area contributed by atoms with Crippen molar-refractivity contribution in [3.63, 3.8) is 0 Å². The van der Waals surface area contributed by atoms with Gasteiger partial charge in [0.2, 0.25) is 5.91 Å². The summed E-state index contributed by atoms with van der Waals surface area (Å²) in [6.45, 7) is 5.59. The van der Waals surface area contributed by atoms with Gasteiger partial charge in [0.15, 0.2) is 11.6 Å². The number of ether oxygens (including phenoxy) is 2. The van der Waals surface area contributed by atoms with Crippen molar-refractivity contribution in [3.8, 4) is 5.75 Å². The van der Waals surface area contributed by atoms with Crippen molar-refractivity contribution in [2.45, 2.75) is 31.3 Å². The zero-order valence-corrected chi connectivity index (χ0v) is 21.5. The van der Waals surface area contributed by atoms with E-state index in [0.29, 0.717) is 36.5 Å². The Morgan fingerprint density at radius 2 is 2.08 bits per heavy atom. The first-order valence-corrected chi connectivity index (χ1v) is 12.5. The van der Waals surface area contributed by atoms with Gasteiger partial charge in [0, 0.05) is 40.9 Å². The number of primary amides is 1. The number of hydrogen-bond donors (Lipinski definition) is 2. The number of amides is 1. The number of rotatable bonds is 8. The van der Waals surface area contributed by atoms with E-state index in [2.05, 4.69) is 16.0 Å². The van der Waals surface area contributed by atoms with Crippen LogP contribution in [0.25, 0.3) is 0 Å². The zero-order valence-electron chi connectivity index (χ0n) is 20.0. The predicted molar refractivity (Wildman–Crippen MR) is 139 cm³/mol. The minimum atomic E-state index is -0.702. The smallest absolute Gasteiger partial charge is 0.244 e. The molecular formula is C26H29Cl2FN4O3. The molecule has 36 heavy (non-hydrogen) atoms. The molecule has 2 aromatic rings. The number of pyridine rings is 1. The second kappa shape index (κ2) is 11.2. The number of carbonyl (C=O) groups is 1. The first kappa shape index (κ1) is 26.4. The van der Waals surface area contributed by atoms with Crippen LogP contribution in [-0.2, 0) is 14.9 Å². The van der Waals surface area contributed by atoms with Gasteiger partial charge >= 0.3 is 0 Å². The minimum Gasteiger partial charge on any atom is -0.482 e. The van der Waals surface area contributed by atoms with Crippen molar-refractivity contribution < 1.29 is 18.7 Å². The van der Waals surface area contributed by atoms with Gasteiger partial charge in [0.05, 0.1) is 18.2 Å². The maximum absolute atomic E-state index is 14.1. The standard InChI is InChI=1S/C26H29Cl2FN4O3/c1-16(22-19(27)4-5-20(29)23(22)28)36-21-13-18(15-32-24(21)30)26(6-2-3-17(14-26)25(31)34)7-8-33-9-11-35-12-10-33/h2-6,13,15-16H,7-12,14H2,1H3,(H2,30,32)(H2,31,34). The van der Waals surface area contributed by atoms with Crippen molar-refractivity contribution in [2.24, 2.45) is 5.73 Å². The predicted octanol–water partition coefficient (Wildman–Crippen LogP) is 4.58. The summed E-state index contributed by atoms with van der Waals surface area (Å²) in [5, 5.41) is 0.177. The van der Waals surface area contributed by atoms with E-state index in [-0.39, 0.29) is 15.9 Å². The number of morpholine rings is 1. The highest BCUT2D eigenvalue weighted by atomic mass is 35.5. The molecule has 2 aliphatic rings. The van der Waals surface area contributed by atoms with Gasteiger partial charge < -0.3 is 20.9 Å². The van der Waals surface area contributed by atoms with Crippen LogP contribution in [0, 0.1) is 5.82 Å². The van der Waals surface area contributed by atoms with Crippen molar-refractivity contribution in [1.29, 1.82) is 0 Å². The fourth-order valence-electron chi connectivity index (χ4n) is 4.66. The van der Waals surface area contributed by atoms with E-state index in [4.69, 9.17) is 44.1 Å². The average Bonchev–Trinajstić information content (AvgIpc) is 2.87. The molecular weight excluding hydrogens is 506 g/mol. The lowest BCUT2D eigenvalue weighted by molar-refractivity contribution is -0.114. The molecule has 0 bridgehead atoms. The summed E-state index contributed by atoms with van der Waals surface area (Å²) < 4.78 is 25.7.